The van der Waals surface area contributed by atoms with Gasteiger partial charge in [-0.05, 0) is 62.6 Å². The number of hydrogen-bond acceptors (Lipinski definition) is 6. The van der Waals surface area contributed by atoms with Crippen LogP contribution in [-0.2, 0) is 14.8 Å². The molecule has 30 heavy (non-hydrogen) atoms. The molecule has 168 valence electrons. The predicted molar refractivity (Wildman–Crippen MR) is 115 cm³/mol. The van der Waals surface area contributed by atoms with Gasteiger partial charge in [0, 0.05) is 18.6 Å². The molecule has 2 bridgehead atoms. The van der Waals surface area contributed by atoms with Gasteiger partial charge in [-0.3, -0.25) is 4.90 Å². The minimum atomic E-state index is -3.31. The lowest BCUT2D eigenvalue weighted by Gasteiger charge is -2.42. The van der Waals surface area contributed by atoms with E-state index in [2.05, 4.69) is 21.8 Å². The first kappa shape index (κ1) is 22.0. The van der Waals surface area contributed by atoms with Crippen LogP contribution in [-0.4, -0.2) is 75.3 Å². The van der Waals surface area contributed by atoms with Crippen LogP contribution in [0.4, 0.5) is 0 Å². The molecule has 1 aliphatic carbocycles. The second-order valence-electron chi connectivity index (χ2n) is 8.97. The molecule has 2 N–H and O–H groups in total. The van der Waals surface area contributed by atoms with Gasteiger partial charge in [-0.2, -0.15) is 0 Å². The van der Waals surface area contributed by atoms with Gasteiger partial charge in [0.15, 0.2) is 0 Å². The zero-order valence-corrected chi connectivity index (χ0v) is 18.5. The van der Waals surface area contributed by atoms with Gasteiger partial charge in [0.2, 0.25) is 10.0 Å². The number of hydrogen-bond donors (Lipinski definition) is 2. The largest absolute Gasteiger partial charge is 0.486 e. The van der Waals surface area contributed by atoms with Gasteiger partial charge in [0.05, 0.1) is 25.6 Å². The lowest BCUT2D eigenvalue weighted by molar-refractivity contribution is -0.0367. The Bertz CT molecular complexity index is 810. The first-order valence-electron chi connectivity index (χ1n) is 11.1. The summed E-state index contributed by atoms with van der Waals surface area (Å²) in [5.74, 6) is 1.31. The number of nitrogens with one attached hydrogen (secondary N) is 1. The van der Waals surface area contributed by atoms with Gasteiger partial charge < -0.3 is 14.6 Å². The van der Waals surface area contributed by atoms with Gasteiger partial charge >= 0.3 is 0 Å². The smallest absolute Gasteiger partial charge is 0.209 e. The minimum Gasteiger partial charge on any atom is -0.486 e. The van der Waals surface area contributed by atoms with Crippen molar-refractivity contribution in [3.63, 3.8) is 0 Å². The summed E-state index contributed by atoms with van der Waals surface area (Å²) >= 11 is 0. The van der Waals surface area contributed by atoms with E-state index in [-0.39, 0.29) is 30.9 Å². The van der Waals surface area contributed by atoms with E-state index in [0.717, 1.165) is 50.8 Å². The molecule has 1 aromatic rings. The van der Waals surface area contributed by atoms with Gasteiger partial charge in [0.25, 0.3) is 0 Å². The molecule has 0 radical (unpaired) electrons. The first-order chi connectivity index (χ1) is 14.4. The molecular weight excluding hydrogens is 404 g/mol. The number of benzene rings is 1. The highest BCUT2D eigenvalue weighted by atomic mass is 32.2. The summed E-state index contributed by atoms with van der Waals surface area (Å²) in [5.41, 5.74) is 1.22. The van der Waals surface area contributed by atoms with E-state index < -0.39 is 10.0 Å². The van der Waals surface area contributed by atoms with Crippen molar-refractivity contribution in [1.82, 2.24) is 9.62 Å². The lowest BCUT2D eigenvalue weighted by atomic mass is 9.82. The summed E-state index contributed by atoms with van der Waals surface area (Å²) in [6.07, 6.45) is 6.84. The molecular formula is C22H34N2O5S. The quantitative estimate of drug-likeness (QED) is 0.749. The molecule has 1 saturated carbocycles. The summed E-state index contributed by atoms with van der Waals surface area (Å²) < 4.78 is 39.4. The summed E-state index contributed by atoms with van der Waals surface area (Å²) in [5, 5.41) is 10.1. The zero-order chi connectivity index (χ0) is 21.1. The van der Waals surface area contributed by atoms with E-state index in [1.165, 1.54) is 11.8 Å². The van der Waals surface area contributed by atoms with Crippen molar-refractivity contribution < 1.29 is 23.0 Å². The number of nitrogens with zero attached hydrogens (tertiary/aromatic N) is 1. The summed E-state index contributed by atoms with van der Waals surface area (Å²) in [7, 11) is -3.31. The van der Waals surface area contributed by atoms with Crippen molar-refractivity contribution >= 4 is 10.0 Å². The number of ether oxygens (including phenoxy) is 2. The van der Waals surface area contributed by atoms with Crippen LogP contribution in [0.1, 0.15) is 50.0 Å². The second kappa shape index (κ2) is 9.53. The molecule has 0 aromatic heterocycles. The Labute approximate surface area is 179 Å². The Morgan fingerprint density at radius 3 is 2.67 bits per heavy atom. The monoisotopic (exact) mass is 438 g/mol. The number of para-hydroxylation sites is 1. The molecule has 0 amide bonds. The lowest BCUT2D eigenvalue weighted by Crippen LogP contribution is -2.59. The molecule has 3 atom stereocenters. The molecule has 5 rings (SSSR count). The fraction of sp³-hybridized carbons (Fsp3) is 0.727. The maximum Gasteiger partial charge on any atom is 0.209 e. The Morgan fingerprint density at radius 2 is 1.93 bits per heavy atom. The maximum absolute atomic E-state index is 11.9. The Balaban J connectivity index is 1.62. The SMILES string of the molecule is CS(=O)(=O)NC1CCCN2C[C@@H](CO)Oc3ccccc3C3CCC(CC3)OC[C@@H]12. The number of aliphatic hydroxyl groups excluding tert-OH is 1. The third-order valence-electron chi connectivity index (χ3n) is 6.73. The van der Waals surface area contributed by atoms with E-state index in [1.54, 1.807) is 0 Å². The van der Waals surface area contributed by atoms with Crippen LogP contribution < -0.4 is 9.46 Å². The first-order valence-corrected chi connectivity index (χ1v) is 13.0. The van der Waals surface area contributed by atoms with Crippen LogP contribution in [0.15, 0.2) is 24.3 Å². The number of aliphatic hydroxyl groups is 1. The van der Waals surface area contributed by atoms with Gasteiger partial charge in [-0.25, -0.2) is 13.1 Å². The third kappa shape index (κ3) is 5.34. The van der Waals surface area contributed by atoms with Crippen molar-refractivity contribution in [3.8, 4) is 5.75 Å². The summed E-state index contributed by atoms with van der Waals surface area (Å²) in [4.78, 5) is 2.24. The fourth-order valence-corrected chi connectivity index (χ4v) is 6.09. The van der Waals surface area contributed by atoms with E-state index >= 15 is 0 Å². The number of rotatable bonds is 3. The third-order valence-corrected chi connectivity index (χ3v) is 7.46. The molecule has 1 aromatic carbocycles. The molecule has 4 aliphatic rings. The molecule has 2 fully saturated rings. The average molecular weight is 439 g/mol. The number of sulfonamides is 1. The minimum absolute atomic E-state index is 0.0696. The number of piperidine rings is 1. The highest BCUT2D eigenvalue weighted by molar-refractivity contribution is 7.88. The van der Waals surface area contributed by atoms with E-state index in [0.29, 0.717) is 19.1 Å². The van der Waals surface area contributed by atoms with Gasteiger partial charge in [-0.1, -0.05) is 18.2 Å². The van der Waals surface area contributed by atoms with Gasteiger partial charge in [-0.15, -0.1) is 0 Å². The zero-order valence-electron chi connectivity index (χ0n) is 17.7. The fourth-order valence-electron chi connectivity index (χ4n) is 5.26. The van der Waals surface area contributed by atoms with Crippen LogP contribution in [0.25, 0.3) is 0 Å². The van der Waals surface area contributed by atoms with Crippen LogP contribution in [0, 0.1) is 0 Å². The Kier molecular flexibility index (Phi) is 6.99. The van der Waals surface area contributed by atoms with Crippen molar-refractivity contribution in [2.45, 2.75) is 68.7 Å². The van der Waals surface area contributed by atoms with Crippen LogP contribution in [0.5, 0.6) is 5.75 Å². The standard InChI is InChI=1S/C22H34N2O5S/c1-30(26,27)23-20-6-4-12-24-13-18(14-25)29-22-7-3-2-5-19(22)16-8-10-17(11-9-16)28-15-21(20)24/h2-3,5,7,16-18,20-21,23,25H,4,6,8-15H2,1H3/t16?,17?,18-,20?,21-/m0/s1. The number of fused-ring (bicyclic) bond motifs is 5. The molecule has 1 unspecified atom stereocenters. The molecule has 8 heteroatoms. The Morgan fingerprint density at radius 1 is 1.17 bits per heavy atom. The van der Waals surface area contributed by atoms with Crippen molar-refractivity contribution in [2.75, 3.05) is 32.6 Å². The summed E-state index contributed by atoms with van der Waals surface area (Å²) in [6, 6.07) is 7.92. The maximum atomic E-state index is 11.9. The van der Waals surface area contributed by atoms with Crippen molar-refractivity contribution in [3.05, 3.63) is 29.8 Å². The highest BCUT2D eigenvalue weighted by Crippen LogP contribution is 2.39. The highest BCUT2D eigenvalue weighted by Gasteiger charge is 2.36. The Hall–Kier alpha value is -1.19. The molecule has 0 spiro atoms. The van der Waals surface area contributed by atoms with E-state index in [9.17, 15) is 13.5 Å². The second-order valence-corrected chi connectivity index (χ2v) is 10.7. The van der Waals surface area contributed by atoms with E-state index in [4.69, 9.17) is 9.47 Å². The molecule has 3 heterocycles. The van der Waals surface area contributed by atoms with Gasteiger partial charge in [0.1, 0.15) is 11.9 Å². The van der Waals surface area contributed by atoms with Crippen LogP contribution in [0.2, 0.25) is 0 Å². The topological polar surface area (TPSA) is 88.1 Å². The van der Waals surface area contributed by atoms with Crippen molar-refractivity contribution in [1.29, 1.82) is 0 Å². The molecule has 1 saturated heterocycles. The normalized spacial score (nSPS) is 33.3. The summed E-state index contributed by atoms with van der Waals surface area (Å²) in [6.45, 7) is 1.78. The average Bonchev–Trinajstić information content (AvgIpc) is 2.74. The van der Waals surface area contributed by atoms with Crippen LogP contribution >= 0.6 is 0 Å². The van der Waals surface area contributed by atoms with E-state index in [1.807, 2.05) is 12.1 Å². The van der Waals surface area contributed by atoms with Crippen molar-refractivity contribution in [2.24, 2.45) is 0 Å². The molecule has 3 aliphatic heterocycles. The van der Waals surface area contributed by atoms with Crippen LogP contribution in [0.3, 0.4) is 0 Å². The molecule has 7 nitrogen and oxygen atoms in total. The predicted octanol–water partition coefficient (Wildman–Crippen LogP) is 1.86.